The van der Waals surface area contributed by atoms with E-state index in [1.165, 1.54) is 12.1 Å². The molecule has 0 saturated heterocycles. The van der Waals surface area contributed by atoms with Crippen molar-refractivity contribution in [2.24, 2.45) is 7.05 Å². The second-order valence-electron chi connectivity index (χ2n) is 10.1. The van der Waals surface area contributed by atoms with Crippen LogP contribution in [0.5, 0.6) is 5.75 Å². The van der Waals surface area contributed by atoms with Crippen LogP contribution >= 0.6 is 11.5 Å². The highest BCUT2D eigenvalue weighted by Gasteiger charge is 2.38. The summed E-state index contributed by atoms with van der Waals surface area (Å²) in [5.41, 5.74) is -3.09. The van der Waals surface area contributed by atoms with Crippen LogP contribution in [0.3, 0.4) is 0 Å². The van der Waals surface area contributed by atoms with Gasteiger partial charge in [-0.1, -0.05) is 12.1 Å². The van der Waals surface area contributed by atoms with E-state index >= 15 is 0 Å². The Bertz CT molecular complexity index is 1700. The summed E-state index contributed by atoms with van der Waals surface area (Å²) in [4.78, 5) is 38.8. The molecule has 1 N–H and O–H groups in total. The zero-order valence-corrected chi connectivity index (χ0v) is 22.8. The van der Waals surface area contributed by atoms with Crippen molar-refractivity contribution in [3.8, 4) is 28.1 Å². The Morgan fingerprint density at radius 2 is 1.79 bits per heavy atom. The van der Waals surface area contributed by atoms with E-state index in [2.05, 4.69) is 4.37 Å². The van der Waals surface area contributed by atoms with Crippen molar-refractivity contribution in [3.05, 3.63) is 68.5 Å². The zero-order chi connectivity index (χ0) is 28.9. The van der Waals surface area contributed by atoms with E-state index in [1.54, 1.807) is 52.0 Å². The molecule has 0 amide bonds. The van der Waals surface area contributed by atoms with Crippen LogP contribution in [0.15, 0.2) is 46.0 Å². The average Bonchev–Trinajstić information content (AvgIpc) is 3.23. The Balaban J connectivity index is 1.81. The quantitative estimate of drug-likeness (QED) is 0.325. The fourth-order valence-corrected chi connectivity index (χ4v) is 4.84. The lowest BCUT2D eigenvalue weighted by atomic mass is 9.99. The number of H-pyrrole nitrogens is 1. The lowest BCUT2D eigenvalue weighted by Gasteiger charge is -2.23. The minimum absolute atomic E-state index is 0.0169. The van der Waals surface area contributed by atoms with Crippen LogP contribution in [0.1, 0.15) is 39.0 Å². The summed E-state index contributed by atoms with van der Waals surface area (Å²) in [5, 5.41) is 0.513. The molecular weight excluding hydrogens is 535 g/mol. The predicted octanol–water partition coefficient (Wildman–Crippen LogP) is 5.45. The maximum absolute atomic E-state index is 13.9. The molecule has 0 fully saturated rings. The van der Waals surface area contributed by atoms with Gasteiger partial charge in [0.1, 0.15) is 17.0 Å². The highest BCUT2D eigenvalue weighted by Crippen LogP contribution is 2.39. The molecule has 4 aromatic rings. The van der Waals surface area contributed by atoms with Crippen molar-refractivity contribution >= 4 is 27.6 Å². The van der Waals surface area contributed by atoms with E-state index < -0.39 is 46.4 Å². The van der Waals surface area contributed by atoms with Gasteiger partial charge in [0.25, 0.3) is 5.56 Å². The number of nitrogens with one attached hydrogen (secondary N) is 1. The summed E-state index contributed by atoms with van der Waals surface area (Å²) >= 11 is 1.14. The van der Waals surface area contributed by atoms with Crippen LogP contribution in [-0.2, 0) is 22.8 Å². The first-order chi connectivity index (χ1) is 18.1. The fraction of sp³-hybridized carbons (Fsp3) is 0.333. The Morgan fingerprint density at radius 3 is 2.44 bits per heavy atom. The molecule has 0 aliphatic heterocycles. The van der Waals surface area contributed by atoms with Crippen LogP contribution < -0.4 is 16.0 Å². The summed E-state index contributed by atoms with van der Waals surface area (Å²) in [6, 6.07) is 9.59. The number of carbonyl (C=O) groups is 1. The van der Waals surface area contributed by atoms with Gasteiger partial charge in [-0.15, -0.1) is 0 Å². The number of esters is 1. The van der Waals surface area contributed by atoms with Gasteiger partial charge in [0.2, 0.25) is 0 Å². The van der Waals surface area contributed by atoms with Crippen LogP contribution in [0.2, 0.25) is 0 Å². The molecule has 0 aliphatic carbocycles. The second kappa shape index (κ2) is 9.99. The molecule has 2 aromatic heterocycles. The van der Waals surface area contributed by atoms with Gasteiger partial charge >= 0.3 is 17.8 Å². The first kappa shape index (κ1) is 28.1. The topological polar surface area (TPSA) is 103 Å². The van der Waals surface area contributed by atoms with E-state index in [9.17, 15) is 27.6 Å². The third-order valence-corrected chi connectivity index (χ3v) is 6.69. The number of carbonyl (C=O) groups excluding carboxylic acids is 1. The highest BCUT2D eigenvalue weighted by molar-refractivity contribution is 7.13. The van der Waals surface area contributed by atoms with Gasteiger partial charge in [-0.2, -0.15) is 17.5 Å². The smallest absolute Gasteiger partial charge is 0.432 e. The molecule has 8 nitrogen and oxygen atoms in total. The standard InChI is InChI=1S/C27H26F3N3O5S/c1-13-7-9-16(37-14(2)24(35)38-26(3,4)5)12-17(13)21-18-11-15(8-10-19(18)39-32-21)20-22(27(28,29)30)33(6)25(36)31-23(20)34/h7-12,14H,1-6H3,(H,31,34,36). The number of benzene rings is 2. The Hall–Kier alpha value is -3.93. The number of hydrogen-bond acceptors (Lipinski definition) is 7. The molecule has 4 rings (SSSR count). The largest absolute Gasteiger partial charge is 0.479 e. The summed E-state index contributed by atoms with van der Waals surface area (Å²) < 4.78 is 58.6. The van der Waals surface area contributed by atoms with Crippen LogP contribution in [0, 0.1) is 6.92 Å². The van der Waals surface area contributed by atoms with E-state index in [-0.39, 0.29) is 5.56 Å². The van der Waals surface area contributed by atoms with Gasteiger partial charge in [-0.3, -0.25) is 14.3 Å². The molecule has 2 aromatic carbocycles. The maximum Gasteiger partial charge on any atom is 0.432 e. The molecule has 0 saturated carbocycles. The van der Waals surface area contributed by atoms with Crippen LogP contribution in [-0.4, -0.2) is 31.6 Å². The fourth-order valence-electron chi connectivity index (χ4n) is 4.07. The average molecular weight is 562 g/mol. The molecule has 12 heteroatoms. The Morgan fingerprint density at radius 1 is 1.10 bits per heavy atom. The van der Waals surface area contributed by atoms with Crippen molar-refractivity contribution in [1.29, 1.82) is 0 Å². The number of ether oxygens (including phenoxy) is 2. The summed E-state index contributed by atoms with van der Waals surface area (Å²) in [5.74, 6) is -0.156. The summed E-state index contributed by atoms with van der Waals surface area (Å²) in [6.07, 6.45) is -5.84. The SMILES string of the molecule is Cc1ccc(OC(C)C(=O)OC(C)(C)C)cc1-c1nsc2ccc(-c3c(C(F)(F)F)n(C)c(=O)[nH]c3=O)cc12. The summed E-state index contributed by atoms with van der Waals surface area (Å²) in [6.45, 7) is 8.67. The van der Waals surface area contributed by atoms with E-state index in [0.29, 0.717) is 31.7 Å². The van der Waals surface area contributed by atoms with Crippen LogP contribution in [0.4, 0.5) is 13.2 Å². The minimum Gasteiger partial charge on any atom is -0.479 e. The first-order valence-electron chi connectivity index (χ1n) is 11.9. The van der Waals surface area contributed by atoms with Crippen molar-refractivity contribution in [1.82, 2.24) is 13.9 Å². The summed E-state index contributed by atoms with van der Waals surface area (Å²) in [7, 11) is 0.952. The zero-order valence-electron chi connectivity index (χ0n) is 22.0. The van der Waals surface area contributed by atoms with Gasteiger partial charge in [0, 0.05) is 18.0 Å². The van der Waals surface area contributed by atoms with Gasteiger partial charge in [0.05, 0.1) is 16.0 Å². The van der Waals surface area contributed by atoms with E-state index in [1.807, 2.05) is 11.9 Å². The minimum atomic E-state index is -4.95. The molecule has 0 radical (unpaired) electrons. The molecule has 206 valence electrons. The molecule has 1 atom stereocenters. The van der Waals surface area contributed by atoms with E-state index in [4.69, 9.17) is 9.47 Å². The lowest BCUT2D eigenvalue weighted by molar-refractivity contribution is -0.162. The van der Waals surface area contributed by atoms with Gasteiger partial charge in [0.15, 0.2) is 6.10 Å². The third kappa shape index (κ3) is 5.75. The number of aromatic amines is 1. The Labute approximate surface area is 225 Å². The molecule has 0 bridgehead atoms. The molecule has 1 unspecified atom stereocenters. The molecular formula is C27H26F3N3O5S. The molecule has 0 spiro atoms. The van der Waals surface area contributed by atoms with Gasteiger partial charge in [-0.05, 0) is 81.5 Å². The maximum atomic E-state index is 13.9. The number of aryl methyl sites for hydroxylation is 1. The van der Waals surface area contributed by atoms with Crippen molar-refractivity contribution in [2.45, 2.75) is 52.5 Å². The number of aromatic nitrogens is 3. The second-order valence-corrected chi connectivity index (χ2v) is 10.9. The van der Waals surface area contributed by atoms with Crippen molar-refractivity contribution in [2.75, 3.05) is 0 Å². The molecule has 39 heavy (non-hydrogen) atoms. The molecule has 0 aliphatic rings. The van der Waals surface area contributed by atoms with Gasteiger partial charge < -0.3 is 9.47 Å². The molecule has 2 heterocycles. The third-order valence-electron chi connectivity index (χ3n) is 5.87. The Kier molecular flexibility index (Phi) is 7.20. The van der Waals surface area contributed by atoms with E-state index in [0.717, 1.165) is 24.1 Å². The van der Waals surface area contributed by atoms with Crippen molar-refractivity contribution < 1.29 is 27.4 Å². The highest BCUT2D eigenvalue weighted by atomic mass is 32.1. The number of fused-ring (bicyclic) bond motifs is 1. The number of rotatable bonds is 5. The monoisotopic (exact) mass is 561 g/mol. The lowest BCUT2D eigenvalue weighted by Crippen LogP contribution is -2.35. The van der Waals surface area contributed by atoms with Gasteiger partial charge in [-0.25, -0.2) is 9.59 Å². The number of alkyl halides is 3. The van der Waals surface area contributed by atoms with Crippen molar-refractivity contribution in [3.63, 3.8) is 0 Å². The number of hydrogen-bond donors (Lipinski definition) is 1. The first-order valence-corrected chi connectivity index (χ1v) is 12.6. The predicted molar refractivity (Wildman–Crippen MR) is 142 cm³/mol. The number of halogens is 3. The normalized spacial score (nSPS) is 12.9. The van der Waals surface area contributed by atoms with Crippen LogP contribution in [0.25, 0.3) is 32.5 Å². The number of nitrogens with zero attached hydrogens (tertiary/aromatic N) is 2.